The van der Waals surface area contributed by atoms with Gasteiger partial charge in [-0.2, -0.15) is 52.7 Å². The number of nitrogens with one attached hydrogen (secondary N) is 6. The highest BCUT2D eigenvalue weighted by molar-refractivity contribution is 6.63. The number of methoxy groups -OCH3 is 2. The number of ether oxygens (including phenoxy) is 7. The Morgan fingerprint density at radius 3 is 1.12 bits per heavy atom. The molecule has 0 spiro atoms. The minimum absolute atomic E-state index is 0.00154. The molecule has 2 saturated heterocycles. The Hall–Kier alpha value is -9.90. The third-order valence-electron chi connectivity index (χ3n) is 16.6. The number of alkyl halides is 12. The molecular formula is C73H81ClF12N8O14. The van der Waals surface area contributed by atoms with Crippen molar-refractivity contribution in [2.45, 2.75) is 139 Å². The quantitative estimate of drug-likeness (QED) is 0.0180. The summed E-state index contributed by atoms with van der Waals surface area (Å²) in [5.74, 6) is -0.616. The van der Waals surface area contributed by atoms with E-state index in [4.69, 9.17) is 40.0 Å². The molecule has 6 aromatic rings. The van der Waals surface area contributed by atoms with Gasteiger partial charge in [-0.15, -0.1) is 0 Å². The monoisotopic (exact) mass is 1560 g/mol. The zero-order valence-corrected chi connectivity index (χ0v) is 60.1. The minimum atomic E-state index is -5.06. The minimum Gasteiger partial charge on any atom is -0.445 e. The SMILES string of the molecule is COCC(=O)Cl.COCC(=O)NNC(=O)NC1CC[C@@](CO[C@H](C)c2cc(C(F)(F)F)cc(C(F)(F)F)c2)(c2ccccc2)N(C(=O)OCc2ccccc2)C1.C[C@@H](OC[C@@]1(c2ccccc2)CCC(NC(=O)NNC(=O)OC(C)(C)C)CN1C(=O)OCc1ccccc1)c1cc(C(F)(F)F)cc(C(F)(F)F)c1. The third-order valence-corrected chi connectivity index (χ3v) is 16.7. The van der Waals surface area contributed by atoms with E-state index in [1.54, 1.807) is 142 Å². The van der Waals surface area contributed by atoms with Crippen molar-refractivity contribution < 1.29 is 119 Å². The van der Waals surface area contributed by atoms with Gasteiger partial charge in [0, 0.05) is 39.4 Å². The maximum Gasteiger partial charge on any atom is 0.426 e. The molecule has 6 N–H and O–H groups in total. The van der Waals surface area contributed by atoms with Gasteiger partial charge in [-0.25, -0.2) is 40.3 Å². The predicted octanol–water partition coefficient (Wildman–Crippen LogP) is 15.1. The van der Waals surface area contributed by atoms with Gasteiger partial charge in [-0.05, 0) is 142 Å². The maximum atomic E-state index is 14.0. The number of hydrogen-bond acceptors (Lipinski definition) is 14. The summed E-state index contributed by atoms with van der Waals surface area (Å²) in [5.41, 5.74) is 0.977. The molecule has 0 bridgehead atoms. The molecule has 6 atom stereocenters. The van der Waals surface area contributed by atoms with Gasteiger partial charge in [0.15, 0.2) is 0 Å². The number of likely N-dealkylation sites (tertiary alicyclic amines) is 2. The van der Waals surface area contributed by atoms with E-state index in [1.165, 1.54) is 37.9 Å². The number of amides is 8. The Kier molecular flexibility index (Phi) is 31.2. The third kappa shape index (κ3) is 26.5. The summed E-state index contributed by atoms with van der Waals surface area (Å²) in [6.07, 6.45) is -24.6. The molecule has 0 saturated carbocycles. The Balaban J connectivity index is 0.000000314. The highest BCUT2D eigenvalue weighted by Gasteiger charge is 2.50. The number of piperidine rings is 2. The van der Waals surface area contributed by atoms with E-state index in [-0.39, 0.29) is 102 Å². The lowest BCUT2D eigenvalue weighted by atomic mass is 9.79. The zero-order chi connectivity index (χ0) is 79.8. The molecule has 0 aliphatic carbocycles. The van der Waals surface area contributed by atoms with Crippen molar-refractivity contribution in [3.63, 3.8) is 0 Å². The van der Waals surface area contributed by atoms with Crippen LogP contribution in [0, 0.1) is 0 Å². The summed E-state index contributed by atoms with van der Waals surface area (Å²) in [7, 11) is 2.72. The van der Waals surface area contributed by atoms with Crippen LogP contribution in [0.1, 0.15) is 128 Å². The molecule has 2 heterocycles. The standard InChI is InChI=1S/C36H40F6N4O6.C34H36F6N4O6.C3H5ClO2/c1-23(25-17-27(35(37,38)39)19-28(18-25)36(40,41)42)51-22-34(26-13-9-6-10-14-26)16-15-29(43-30(47)44-45-31(48)52-33(2,3)4)20-46(34)32(49)50-21-24-11-7-5-8-12-24;1-22(24-15-26(33(35,36)37)17-27(16-24)34(38,39)40)50-21-32(25-11-7-4-8-12-25)14-13-28(41-30(46)43-42-29(45)20-48-2)18-44(32)31(47)49-19-23-9-5-3-6-10-23;1-6-2-3(4)5/h5-14,17-19,23,29H,15-16,20-22H2,1-4H3,(H,45,48)(H2,43,44,47);3-12,15-17,22,28H,13-14,18-21H2,1-2H3,(H,42,45)(H2,41,43,46);2H2,1H3/t23-,29?,34-;22-,28?,32-;/m11./s1. The Morgan fingerprint density at radius 2 is 0.815 bits per heavy atom. The van der Waals surface area contributed by atoms with Crippen LogP contribution in [-0.2, 0) is 91.7 Å². The first-order valence-electron chi connectivity index (χ1n) is 33.1. The van der Waals surface area contributed by atoms with Gasteiger partial charge in [0.1, 0.15) is 32.0 Å². The van der Waals surface area contributed by atoms with E-state index >= 15 is 0 Å². The second-order valence-electron chi connectivity index (χ2n) is 25.7. The predicted molar refractivity (Wildman–Crippen MR) is 366 cm³/mol. The van der Waals surface area contributed by atoms with Gasteiger partial charge < -0.3 is 43.8 Å². The summed E-state index contributed by atoms with van der Waals surface area (Å²) < 4.78 is 201. The fourth-order valence-corrected chi connectivity index (χ4v) is 11.5. The van der Waals surface area contributed by atoms with Crippen LogP contribution in [0.25, 0.3) is 0 Å². The molecule has 2 unspecified atom stereocenters. The van der Waals surface area contributed by atoms with E-state index in [9.17, 15) is 86.2 Å². The molecule has 8 rings (SSSR count). The summed E-state index contributed by atoms with van der Waals surface area (Å²) in [6.45, 7) is 6.01. The van der Waals surface area contributed by atoms with Crippen molar-refractivity contribution in [2.75, 3.05) is 53.7 Å². The van der Waals surface area contributed by atoms with Crippen LogP contribution in [0.4, 0.5) is 76.7 Å². The van der Waals surface area contributed by atoms with Gasteiger partial charge in [-0.1, -0.05) is 121 Å². The lowest BCUT2D eigenvalue weighted by Gasteiger charge is -2.49. The molecule has 108 heavy (non-hydrogen) atoms. The maximum absolute atomic E-state index is 14.0. The van der Waals surface area contributed by atoms with Gasteiger partial charge in [0.25, 0.3) is 5.91 Å². The Bertz CT molecular complexity index is 3880. The molecule has 0 aromatic heterocycles. The second kappa shape index (κ2) is 38.8. The summed E-state index contributed by atoms with van der Waals surface area (Å²) in [6, 6.07) is 34.3. The Morgan fingerprint density at radius 1 is 0.481 bits per heavy atom. The lowest BCUT2D eigenvalue weighted by molar-refractivity contribution is -0.145. The number of hydrogen-bond donors (Lipinski definition) is 6. The van der Waals surface area contributed by atoms with Gasteiger partial charge in [0.05, 0.1) is 58.8 Å². The number of carbonyl (C=O) groups excluding carboxylic acids is 7. The van der Waals surface area contributed by atoms with Crippen LogP contribution in [0.5, 0.6) is 0 Å². The molecule has 35 heteroatoms. The van der Waals surface area contributed by atoms with Crippen molar-refractivity contribution in [2.24, 2.45) is 0 Å². The van der Waals surface area contributed by atoms with E-state index in [0.717, 1.165) is 0 Å². The molecule has 588 valence electrons. The molecule has 6 aromatic carbocycles. The summed E-state index contributed by atoms with van der Waals surface area (Å²) in [5, 5.41) is 4.92. The Labute approximate surface area is 618 Å². The van der Waals surface area contributed by atoms with Gasteiger partial charge >= 0.3 is 55.0 Å². The fourth-order valence-electron chi connectivity index (χ4n) is 11.4. The molecule has 2 fully saturated rings. The largest absolute Gasteiger partial charge is 0.445 e. The fraction of sp³-hybridized carbons (Fsp3) is 0.411. The second-order valence-corrected chi connectivity index (χ2v) is 26.2. The highest BCUT2D eigenvalue weighted by Crippen LogP contribution is 2.45. The van der Waals surface area contributed by atoms with E-state index in [0.29, 0.717) is 46.5 Å². The molecule has 0 radical (unpaired) electrons. The van der Waals surface area contributed by atoms with Gasteiger partial charge in [-0.3, -0.25) is 24.8 Å². The first kappa shape index (κ1) is 87.0. The first-order chi connectivity index (χ1) is 50.7. The number of carbonyl (C=O) groups is 7. The summed E-state index contributed by atoms with van der Waals surface area (Å²) in [4.78, 5) is 89.3. The number of urea groups is 2. The average Bonchev–Trinajstić information content (AvgIpc) is 0.762. The molecule has 22 nitrogen and oxygen atoms in total. The zero-order valence-electron chi connectivity index (χ0n) is 59.3. The van der Waals surface area contributed by atoms with Crippen LogP contribution in [0.2, 0.25) is 0 Å². The molecular weight excluding hydrogens is 1480 g/mol. The van der Waals surface area contributed by atoms with Crippen LogP contribution >= 0.6 is 11.6 Å². The average molecular weight is 1560 g/mol. The van der Waals surface area contributed by atoms with Crippen molar-refractivity contribution in [3.05, 3.63) is 213 Å². The van der Waals surface area contributed by atoms with Crippen LogP contribution in [0.3, 0.4) is 0 Å². The molecule has 2 aliphatic rings. The highest BCUT2D eigenvalue weighted by atomic mass is 35.5. The number of benzene rings is 6. The first-order valence-corrected chi connectivity index (χ1v) is 33.5. The van der Waals surface area contributed by atoms with Gasteiger partial charge in [0.2, 0.25) is 5.24 Å². The van der Waals surface area contributed by atoms with Crippen molar-refractivity contribution in [3.8, 4) is 0 Å². The topological polar surface area (TPSA) is 263 Å². The lowest BCUT2D eigenvalue weighted by Crippen LogP contribution is -2.62. The van der Waals surface area contributed by atoms with Crippen LogP contribution < -0.4 is 32.3 Å². The number of rotatable bonds is 20. The summed E-state index contributed by atoms with van der Waals surface area (Å²) >= 11 is 4.81. The van der Waals surface area contributed by atoms with Crippen molar-refractivity contribution >= 4 is 53.1 Å². The number of hydrazine groups is 2. The van der Waals surface area contributed by atoms with Crippen molar-refractivity contribution in [1.29, 1.82) is 0 Å². The van der Waals surface area contributed by atoms with Crippen LogP contribution in [-0.4, -0.2) is 123 Å². The van der Waals surface area contributed by atoms with Crippen molar-refractivity contribution in [1.82, 2.24) is 42.1 Å². The molecule has 8 amide bonds. The van der Waals surface area contributed by atoms with E-state index in [2.05, 4.69) is 37.1 Å². The van der Waals surface area contributed by atoms with E-state index < -0.39 is 129 Å². The van der Waals surface area contributed by atoms with E-state index in [1.807, 2.05) is 0 Å². The normalized spacial score (nSPS) is 18.0. The smallest absolute Gasteiger partial charge is 0.426 e. The molecule has 2 aliphatic heterocycles. The number of halogens is 13. The van der Waals surface area contributed by atoms with Crippen LogP contribution in [0.15, 0.2) is 158 Å². The number of nitrogens with zero attached hydrogens (tertiary/aromatic N) is 2.